The molecule has 0 fully saturated rings. The van der Waals surface area contributed by atoms with Gasteiger partial charge in [-0.1, -0.05) is 31.2 Å². The number of alkyl halides is 3. The Morgan fingerprint density at radius 1 is 1.00 bits per heavy atom. The number of carbonyl (C=O) groups excluding carboxylic acids is 1. The summed E-state index contributed by atoms with van der Waals surface area (Å²) in [6.45, 7) is 2.47. The number of nitrogens with one attached hydrogen (secondary N) is 1. The third-order valence-electron chi connectivity index (χ3n) is 6.54. The van der Waals surface area contributed by atoms with E-state index in [4.69, 9.17) is 14.3 Å². The van der Waals surface area contributed by atoms with Gasteiger partial charge in [-0.05, 0) is 66.1 Å². The average Bonchev–Trinajstić information content (AvgIpc) is 3.41. The van der Waals surface area contributed by atoms with Crippen molar-refractivity contribution in [3.8, 4) is 17.2 Å². The second-order valence-corrected chi connectivity index (χ2v) is 10.7. The molecule has 0 bridgehead atoms. The Morgan fingerprint density at radius 3 is 2.42 bits per heavy atom. The molecule has 43 heavy (non-hydrogen) atoms. The molecule has 0 unspecified atom stereocenters. The molecule has 0 saturated heterocycles. The van der Waals surface area contributed by atoms with Crippen LogP contribution < -0.4 is 10.1 Å². The van der Waals surface area contributed by atoms with E-state index in [1.54, 1.807) is 18.2 Å². The molecule has 7 nitrogen and oxygen atoms in total. The summed E-state index contributed by atoms with van der Waals surface area (Å²) in [6.07, 6.45) is -3.00. The maximum Gasteiger partial charge on any atom is 0.416 e. The fourth-order valence-electron chi connectivity index (χ4n) is 4.30. The van der Waals surface area contributed by atoms with Gasteiger partial charge in [0.15, 0.2) is 0 Å². The van der Waals surface area contributed by atoms with Crippen molar-refractivity contribution in [1.29, 1.82) is 0 Å². The molecule has 11 heteroatoms. The predicted molar refractivity (Wildman–Crippen MR) is 157 cm³/mol. The number of halogens is 3. The fraction of sp³-hybridized carbons (Fsp3) is 0.281. The minimum atomic E-state index is -4.42. The Hall–Kier alpha value is -4.25. The summed E-state index contributed by atoms with van der Waals surface area (Å²) in [4.78, 5) is 28.9. The third-order valence-corrected chi connectivity index (χ3v) is 7.55. The molecule has 0 aliphatic carbocycles. The van der Waals surface area contributed by atoms with E-state index in [0.29, 0.717) is 41.5 Å². The number of hydrogen-bond donors (Lipinski definition) is 2. The van der Waals surface area contributed by atoms with E-state index >= 15 is 0 Å². The summed E-state index contributed by atoms with van der Waals surface area (Å²) in [7, 11) is 0. The topological polar surface area (TPSA) is 102 Å². The number of ether oxygens (including phenoxy) is 1. The van der Waals surface area contributed by atoms with E-state index in [0.717, 1.165) is 46.5 Å². The van der Waals surface area contributed by atoms with Crippen LogP contribution in [0.3, 0.4) is 0 Å². The quantitative estimate of drug-likeness (QED) is 0.148. The lowest BCUT2D eigenvalue weighted by Gasteiger charge is -2.13. The summed E-state index contributed by atoms with van der Waals surface area (Å²) in [5, 5.41) is 12.0. The van der Waals surface area contributed by atoms with Gasteiger partial charge in [0.05, 0.1) is 23.6 Å². The van der Waals surface area contributed by atoms with Crippen molar-refractivity contribution < 1.29 is 37.0 Å². The highest BCUT2D eigenvalue weighted by molar-refractivity contribution is 8.00. The van der Waals surface area contributed by atoms with Crippen molar-refractivity contribution in [2.45, 2.75) is 50.2 Å². The Bertz CT molecular complexity index is 1520. The number of rotatable bonds is 14. The number of nitrogens with zero attached hydrogens (tertiary/aromatic N) is 1. The predicted octanol–water partition coefficient (Wildman–Crippen LogP) is 6.97. The van der Waals surface area contributed by atoms with E-state index in [1.165, 1.54) is 12.1 Å². The molecule has 0 saturated carbocycles. The number of carboxylic acid groups (broad SMARTS) is 1. The van der Waals surface area contributed by atoms with Gasteiger partial charge in [0.25, 0.3) is 0 Å². The second-order valence-electron chi connectivity index (χ2n) is 9.62. The lowest BCUT2D eigenvalue weighted by molar-refractivity contribution is -0.138. The number of amides is 1. The van der Waals surface area contributed by atoms with Crippen molar-refractivity contribution in [2.24, 2.45) is 0 Å². The maximum atomic E-state index is 12.8. The Morgan fingerprint density at radius 2 is 1.74 bits per heavy atom. The number of benzene rings is 3. The first kappa shape index (κ1) is 31.7. The van der Waals surface area contributed by atoms with E-state index in [1.807, 2.05) is 37.3 Å². The fourth-order valence-corrected chi connectivity index (χ4v) is 5.03. The lowest BCUT2D eigenvalue weighted by Crippen LogP contribution is -2.25. The average molecular weight is 613 g/mol. The molecule has 0 atom stereocenters. The standard InChI is InChI=1S/C32H31F3N2O5S/c1-2-28-27(37-31(42-28)22-6-4-3-5-7-22)16-17-41-25-12-8-21(9-15-30(39)40)23(18-25)19-36-29(38)20-43-26-13-10-24(11-14-26)32(33,34)35/h3-8,10-14,18H,2,9,15-17,19-20H2,1H3,(H,36,38)(H,39,40). The van der Waals surface area contributed by atoms with Gasteiger partial charge in [-0.15, -0.1) is 11.8 Å². The number of aromatic nitrogens is 1. The molecule has 0 radical (unpaired) electrons. The van der Waals surface area contributed by atoms with E-state index in [-0.39, 0.29) is 31.0 Å². The molecular weight excluding hydrogens is 581 g/mol. The van der Waals surface area contributed by atoms with Crippen LogP contribution in [0.5, 0.6) is 5.75 Å². The summed E-state index contributed by atoms with van der Waals surface area (Å²) in [6, 6.07) is 19.6. The maximum absolute atomic E-state index is 12.8. The third kappa shape index (κ3) is 9.37. The van der Waals surface area contributed by atoms with Crippen LogP contribution in [0.4, 0.5) is 13.2 Å². The van der Waals surface area contributed by atoms with Gasteiger partial charge >= 0.3 is 12.1 Å². The molecule has 3 aromatic carbocycles. The zero-order valence-electron chi connectivity index (χ0n) is 23.4. The highest BCUT2D eigenvalue weighted by atomic mass is 32.2. The van der Waals surface area contributed by atoms with Crippen molar-refractivity contribution in [3.05, 3.63) is 101 Å². The van der Waals surface area contributed by atoms with E-state index < -0.39 is 17.7 Å². The molecule has 1 aromatic heterocycles. The van der Waals surface area contributed by atoms with E-state index in [2.05, 4.69) is 10.3 Å². The number of carbonyl (C=O) groups is 2. The molecule has 4 rings (SSSR count). The van der Waals surface area contributed by atoms with Crippen LogP contribution in [0, 0.1) is 0 Å². The van der Waals surface area contributed by atoms with Crippen LogP contribution >= 0.6 is 11.8 Å². The summed E-state index contributed by atoms with van der Waals surface area (Å²) in [5.41, 5.74) is 2.45. The second kappa shape index (κ2) is 14.8. The van der Waals surface area contributed by atoms with Crippen LogP contribution in [0.1, 0.15) is 41.5 Å². The van der Waals surface area contributed by atoms with Crippen LogP contribution in [0.2, 0.25) is 0 Å². The molecule has 2 N–H and O–H groups in total. The first-order chi connectivity index (χ1) is 20.6. The molecule has 4 aromatic rings. The van der Waals surface area contributed by atoms with Crippen molar-refractivity contribution in [3.63, 3.8) is 0 Å². The number of aliphatic carboxylic acids is 1. The summed E-state index contributed by atoms with van der Waals surface area (Å²) < 4.78 is 50.3. The van der Waals surface area contributed by atoms with Crippen LogP contribution in [0.25, 0.3) is 11.5 Å². The normalized spacial score (nSPS) is 11.3. The van der Waals surface area contributed by atoms with Gasteiger partial charge in [-0.3, -0.25) is 9.59 Å². The van der Waals surface area contributed by atoms with Crippen LogP contribution in [-0.2, 0) is 41.6 Å². The lowest BCUT2D eigenvalue weighted by atomic mass is 10.0. The Balaban J connectivity index is 1.35. The van der Waals surface area contributed by atoms with E-state index in [9.17, 15) is 22.8 Å². The number of hydrogen-bond acceptors (Lipinski definition) is 6. The minimum Gasteiger partial charge on any atom is -0.493 e. The molecule has 226 valence electrons. The van der Waals surface area contributed by atoms with Crippen LogP contribution in [0.15, 0.2) is 82.1 Å². The largest absolute Gasteiger partial charge is 0.493 e. The Labute approximate surface area is 251 Å². The van der Waals surface area contributed by atoms with Gasteiger partial charge in [-0.2, -0.15) is 13.2 Å². The van der Waals surface area contributed by atoms with Gasteiger partial charge in [-0.25, -0.2) is 4.98 Å². The zero-order valence-corrected chi connectivity index (χ0v) is 24.3. The number of carboxylic acids is 1. The number of aryl methyl sites for hydroxylation is 2. The van der Waals surface area contributed by atoms with Gasteiger partial charge in [0.2, 0.25) is 11.8 Å². The first-order valence-electron chi connectivity index (χ1n) is 13.7. The molecule has 0 spiro atoms. The van der Waals surface area contributed by atoms with Crippen molar-refractivity contribution in [1.82, 2.24) is 10.3 Å². The molecule has 0 aliphatic heterocycles. The van der Waals surface area contributed by atoms with Gasteiger partial charge in [0.1, 0.15) is 11.5 Å². The molecule has 1 amide bonds. The smallest absolute Gasteiger partial charge is 0.416 e. The number of oxazole rings is 1. The zero-order chi connectivity index (χ0) is 30.8. The van der Waals surface area contributed by atoms with Crippen molar-refractivity contribution >= 4 is 23.6 Å². The Kier molecular flexibility index (Phi) is 10.9. The monoisotopic (exact) mass is 612 g/mol. The van der Waals surface area contributed by atoms with Crippen LogP contribution in [-0.4, -0.2) is 34.3 Å². The van der Waals surface area contributed by atoms with Gasteiger partial charge in [0, 0.05) is 36.3 Å². The van der Waals surface area contributed by atoms with Gasteiger partial charge < -0.3 is 19.6 Å². The molecule has 1 heterocycles. The molecular formula is C32H31F3N2O5S. The summed E-state index contributed by atoms with van der Waals surface area (Å²) in [5.74, 6) is 0.681. The first-order valence-corrected chi connectivity index (χ1v) is 14.7. The summed E-state index contributed by atoms with van der Waals surface area (Å²) >= 11 is 1.12. The highest BCUT2D eigenvalue weighted by Crippen LogP contribution is 2.31. The minimum absolute atomic E-state index is 0.00838. The van der Waals surface area contributed by atoms with Crippen molar-refractivity contribution in [2.75, 3.05) is 12.4 Å². The number of thioether (sulfide) groups is 1. The SMILES string of the molecule is CCc1oc(-c2ccccc2)nc1CCOc1ccc(CCC(=O)O)c(CNC(=O)CSc2ccc(C(F)(F)F)cc2)c1. The molecule has 0 aliphatic rings. The highest BCUT2D eigenvalue weighted by Gasteiger charge is 2.30.